The lowest BCUT2D eigenvalue weighted by atomic mass is 10.0. The van der Waals surface area contributed by atoms with Crippen molar-refractivity contribution in [1.29, 1.82) is 0 Å². The molecule has 0 aliphatic carbocycles. The van der Waals surface area contributed by atoms with Gasteiger partial charge in [0.25, 0.3) is 0 Å². The van der Waals surface area contributed by atoms with Crippen molar-refractivity contribution in [2.24, 2.45) is 16.8 Å². The van der Waals surface area contributed by atoms with Crippen molar-refractivity contribution in [3.05, 3.63) is 24.3 Å². The molecular formula is C14H23N3O3S. The Morgan fingerprint density at radius 2 is 1.95 bits per heavy atom. The number of amides is 1. The van der Waals surface area contributed by atoms with Crippen LogP contribution in [0.5, 0.6) is 0 Å². The molecule has 1 aromatic rings. The molecule has 2 unspecified atom stereocenters. The molecule has 0 aliphatic rings. The Morgan fingerprint density at radius 3 is 2.52 bits per heavy atom. The van der Waals surface area contributed by atoms with Crippen LogP contribution in [0.3, 0.4) is 0 Å². The number of primary sulfonamides is 1. The first-order chi connectivity index (χ1) is 9.70. The van der Waals surface area contributed by atoms with Gasteiger partial charge in [0.1, 0.15) is 0 Å². The summed E-state index contributed by atoms with van der Waals surface area (Å²) >= 11 is 0. The van der Waals surface area contributed by atoms with Gasteiger partial charge in [-0.1, -0.05) is 19.4 Å². The number of nitrogens with two attached hydrogens (primary N) is 2. The van der Waals surface area contributed by atoms with Crippen LogP contribution in [0.4, 0.5) is 5.69 Å². The van der Waals surface area contributed by atoms with Crippen LogP contribution in [0.15, 0.2) is 29.2 Å². The summed E-state index contributed by atoms with van der Waals surface area (Å²) in [6.07, 6.45) is 2.49. The Hall–Kier alpha value is -1.44. The predicted octanol–water partition coefficient (Wildman–Crippen LogP) is 1.43. The van der Waals surface area contributed by atoms with Crippen LogP contribution in [0, 0.1) is 5.92 Å². The molecule has 0 bridgehead atoms. The van der Waals surface area contributed by atoms with Crippen molar-refractivity contribution in [1.82, 2.24) is 0 Å². The van der Waals surface area contributed by atoms with Gasteiger partial charge in [0, 0.05) is 17.6 Å². The van der Waals surface area contributed by atoms with Crippen LogP contribution >= 0.6 is 0 Å². The molecule has 0 spiro atoms. The van der Waals surface area contributed by atoms with E-state index in [9.17, 15) is 13.2 Å². The van der Waals surface area contributed by atoms with E-state index in [1.54, 1.807) is 6.07 Å². The minimum atomic E-state index is -3.77. The molecular weight excluding hydrogens is 290 g/mol. The second-order valence-corrected chi connectivity index (χ2v) is 6.93. The number of carbonyl (C=O) groups excluding carboxylic acids is 1. The molecule has 0 saturated heterocycles. The fraction of sp³-hybridized carbons (Fsp3) is 0.500. The third-order valence-corrected chi connectivity index (χ3v) is 4.09. The highest BCUT2D eigenvalue weighted by Gasteiger charge is 2.14. The van der Waals surface area contributed by atoms with E-state index >= 15 is 0 Å². The van der Waals surface area contributed by atoms with Crippen molar-refractivity contribution < 1.29 is 13.2 Å². The molecule has 0 fully saturated rings. The minimum Gasteiger partial charge on any atom is -0.328 e. The van der Waals surface area contributed by atoms with Gasteiger partial charge in [0.2, 0.25) is 15.9 Å². The van der Waals surface area contributed by atoms with E-state index in [1.165, 1.54) is 18.2 Å². The lowest BCUT2D eigenvalue weighted by Crippen LogP contribution is -2.22. The van der Waals surface area contributed by atoms with Crippen LogP contribution in [0.25, 0.3) is 0 Å². The van der Waals surface area contributed by atoms with E-state index in [0.29, 0.717) is 5.69 Å². The van der Waals surface area contributed by atoms with Crippen molar-refractivity contribution in [3.63, 3.8) is 0 Å². The molecule has 0 heterocycles. The zero-order valence-corrected chi connectivity index (χ0v) is 13.2. The third kappa shape index (κ3) is 6.24. The molecule has 118 valence electrons. The maximum Gasteiger partial charge on any atom is 0.238 e. The van der Waals surface area contributed by atoms with Gasteiger partial charge in [-0.15, -0.1) is 0 Å². The number of benzene rings is 1. The standard InChI is InChI=1S/C14H23N3O3S/c1-10(5-3-6-11(2)15)14(18)17-12-7-4-8-13(9-12)21(16,19)20/h4,7-11H,3,5-6,15H2,1-2H3,(H,17,18)(H2,16,19,20). The largest absolute Gasteiger partial charge is 0.328 e. The Morgan fingerprint density at radius 1 is 1.29 bits per heavy atom. The van der Waals surface area contributed by atoms with Gasteiger partial charge in [0.05, 0.1) is 4.90 Å². The van der Waals surface area contributed by atoms with Crippen LogP contribution < -0.4 is 16.2 Å². The molecule has 0 aromatic heterocycles. The third-order valence-electron chi connectivity index (χ3n) is 3.17. The van der Waals surface area contributed by atoms with Gasteiger partial charge in [0.15, 0.2) is 0 Å². The lowest BCUT2D eigenvalue weighted by molar-refractivity contribution is -0.119. The average Bonchev–Trinajstić information content (AvgIpc) is 2.37. The molecule has 5 N–H and O–H groups in total. The highest BCUT2D eigenvalue weighted by molar-refractivity contribution is 7.89. The van der Waals surface area contributed by atoms with Gasteiger partial charge in [-0.05, 0) is 38.0 Å². The summed E-state index contributed by atoms with van der Waals surface area (Å²) in [4.78, 5) is 12.0. The first kappa shape index (κ1) is 17.6. The zero-order valence-electron chi connectivity index (χ0n) is 12.4. The maximum atomic E-state index is 12.0. The Bertz CT molecular complexity index is 585. The van der Waals surface area contributed by atoms with Gasteiger partial charge >= 0.3 is 0 Å². The number of carbonyl (C=O) groups is 1. The van der Waals surface area contributed by atoms with E-state index in [2.05, 4.69) is 5.32 Å². The van der Waals surface area contributed by atoms with Crippen LogP contribution in [-0.4, -0.2) is 20.4 Å². The number of rotatable bonds is 7. The average molecular weight is 313 g/mol. The summed E-state index contributed by atoms with van der Waals surface area (Å²) in [6.45, 7) is 3.77. The first-order valence-corrected chi connectivity index (χ1v) is 8.44. The monoisotopic (exact) mass is 313 g/mol. The molecule has 21 heavy (non-hydrogen) atoms. The summed E-state index contributed by atoms with van der Waals surface area (Å²) in [5.41, 5.74) is 6.09. The van der Waals surface area contributed by atoms with Gasteiger partial charge < -0.3 is 11.1 Å². The molecule has 0 radical (unpaired) electrons. The van der Waals surface area contributed by atoms with Crippen LogP contribution in [0.1, 0.15) is 33.1 Å². The van der Waals surface area contributed by atoms with E-state index < -0.39 is 10.0 Å². The highest BCUT2D eigenvalue weighted by Crippen LogP contribution is 2.16. The SMILES string of the molecule is CC(N)CCCC(C)C(=O)Nc1cccc(S(N)(=O)=O)c1. The summed E-state index contributed by atoms with van der Waals surface area (Å²) in [5, 5.41) is 7.76. The fourth-order valence-corrected chi connectivity index (χ4v) is 2.45. The Balaban J connectivity index is 2.62. The first-order valence-electron chi connectivity index (χ1n) is 6.89. The van der Waals surface area contributed by atoms with Crippen molar-refractivity contribution in [2.45, 2.75) is 44.0 Å². The normalized spacial score (nSPS) is 14.5. The van der Waals surface area contributed by atoms with E-state index in [4.69, 9.17) is 10.9 Å². The number of sulfonamides is 1. The molecule has 7 heteroatoms. The molecule has 1 aromatic carbocycles. The van der Waals surface area contributed by atoms with E-state index in [1.807, 2.05) is 13.8 Å². The van der Waals surface area contributed by atoms with E-state index in [-0.39, 0.29) is 22.8 Å². The van der Waals surface area contributed by atoms with Crippen LogP contribution in [0.2, 0.25) is 0 Å². The summed E-state index contributed by atoms with van der Waals surface area (Å²) in [6, 6.07) is 6.03. The van der Waals surface area contributed by atoms with Gasteiger partial charge in [-0.2, -0.15) is 0 Å². The zero-order chi connectivity index (χ0) is 16.0. The molecule has 6 nitrogen and oxygen atoms in total. The topological polar surface area (TPSA) is 115 Å². The highest BCUT2D eigenvalue weighted by atomic mass is 32.2. The molecule has 2 atom stereocenters. The maximum absolute atomic E-state index is 12.0. The van der Waals surface area contributed by atoms with Gasteiger partial charge in [-0.25, -0.2) is 13.6 Å². The number of anilines is 1. The molecule has 1 rings (SSSR count). The Kier molecular flexibility index (Phi) is 6.32. The second-order valence-electron chi connectivity index (χ2n) is 5.37. The van der Waals surface area contributed by atoms with Crippen LogP contribution in [-0.2, 0) is 14.8 Å². The number of hydrogen-bond donors (Lipinski definition) is 3. The van der Waals surface area contributed by atoms with Crippen molar-refractivity contribution >= 4 is 21.6 Å². The minimum absolute atomic E-state index is 0.0232. The summed E-state index contributed by atoms with van der Waals surface area (Å²) in [7, 11) is -3.77. The number of nitrogens with one attached hydrogen (secondary N) is 1. The Labute approximate surface area is 126 Å². The lowest BCUT2D eigenvalue weighted by Gasteiger charge is -2.13. The summed E-state index contributed by atoms with van der Waals surface area (Å²) in [5.74, 6) is -0.312. The van der Waals surface area contributed by atoms with Crippen molar-refractivity contribution in [2.75, 3.05) is 5.32 Å². The van der Waals surface area contributed by atoms with E-state index in [0.717, 1.165) is 19.3 Å². The summed E-state index contributed by atoms with van der Waals surface area (Å²) < 4.78 is 22.5. The smallest absolute Gasteiger partial charge is 0.238 e. The molecule has 0 saturated carbocycles. The van der Waals surface area contributed by atoms with Gasteiger partial charge in [-0.3, -0.25) is 4.79 Å². The molecule has 0 aliphatic heterocycles. The fourth-order valence-electron chi connectivity index (χ4n) is 1.89. The van der Waals surface area contributed by atoms with Crippen molar-refractivity contribution in [3.8, 4) is 0 Å². The number of hydrogen-bond acceptors (Lipinski definition) is 4. The molecule has 1 amide bonds. The second kappa shape index (κ2) is 7.53. The quantitative estimate of drug-likeness (QED) is 0.706. The predicted molar refractivity (Wildman–Crippen MR) is 83.1 cm³/mol.